The first-order valence-corrected chi connectivity index (χ1v) is 4.64. The molecule has 0 rings (SSSR count). The number of rotatable bonds is 5. The maximum Gasteiger partial charge on any atom is 0.238 e. The van der Waals surface area contributed by atoms with Crippen molar-refractivity contribution in [2.24, 2.45) is 11.7 Å². The van der Waals surface area contributed by atoms with Crippen molar-refractivity contribution in [3.8, 4) is 0 Å². The largest absolute Gasteiger partial charge is 0.339 e. The van der Waals surface area contributed by atoms with Crippen LogP contribution in [0.5, 0.6) is 0 Å². The summed E-state index contributed by atoms with van der Waals surface area (Å²) in [5.41, 5.74) is 5.55. The lowest BCUT2D eigenvalue weighted by Gasteiger charge is -2.16. The number of aldehydes is 1. The van der Waals surface area contributed by atoms with Gasteiger partial charge in [-0.2, -0.15) is 12.6 Å². The average Bonchev–Trinajstić information content (AvgIpc) is 2.12. The Morgan fingerprint density at radius 2 is 2.15 bits per heavy atom. The molecule has 0 aliphatic heterocycles. The van der Waals surface area contributed by atoms with E-state index in [-0.39, 0.29) is 23.6 Å². The number of amides is 1. The van der Waals surface area contributed by atoms with Gasteiger partial charge in [-0.25, -0.2) is 0 Å². The van der Waals surface area contributed by atoms with Crippen molar-refractivity contribution in [2.75, 3.05) is 5.75 Å². The molecule has 0 aromatic rings. The molecule has 13 heavy (non-hydrogen) atoms. The van der Waals surface area contributed by atoms with Gasteiger partial charge >= 0.3 is 0 Å². The minimum absolute atomic E-state index is 0.0489. The third-order valence-electron chi connectivity index (χ3n) is 1.62. The normalized spacial score (nSPS) is 13.1. The van der Waals surface area contributed by atoms with Crippen molar-refractivity contribution >= 4 is 24.8 Å². The van der Waals surface area contributed by atoms with Crippen molar-refractivity contribution in [3.63, 3.8) is 0 Å². The van der Waals surface area contributed by atoms with Gasteiger partial charge in [0.25, 0.3) is 0 Å². The van der Waals surface area contributed by atoms with E-state index in [0.29, 0.717) is 6.29 Å². The van der Waals surface area contributed by atoms with Gasteiger partial charge in [-0.1, -0.05) is 13.8 Å². The van der Waals surface area contributed by atoms with Gasteiger partial charge < -0.3 is 15.8 Å². The van der Waals surface area contributed by atoms with Crippen LogP contribution in [0.25, 0.3) is 0 Å². The van der Waals surface area contributed by atoms with Crippen molar-refractivity contribution in [1.82, 2.24) is 5.32 Å². The summed E-state index contributed by atoms with van der Waals surface area (Å²) in [4.78, 5) is 21.6. The molecular weight excluding hydrogens is 188 g/mol. The van der Waals surface area contributed by atoms with E-state index in [1.807, 2.05) is 13.8 Å². The van der Waals surface area contributed by atoms with Crippen LogP contribution in [0, 0.1) is 12.0 Å². The van der Waals surface area contributed by atoms with E-state index in [2.05, 4.69) is 17.9 Å². The van der Waals surface area contributed by atoms with E-state index >= 15 is 0 Å². The van der Waals surface area contributed by atoms with Crippen LogP contribution < -0.4 is 11.1 Å². The van der Waals surface area contributed by atoms with Gasteiger partial charge in [0.15, 0.2) is 0 Å². The van der Waals surface area contributed by atoms with Crippen molar-refractivity contribution in [3.05, 3.63) is 6.04 Å². The molecule has 0 saturated carbocycles. The number of nitrogens with one attached hydrogen (secondary N) is 1. The average molecular weight is 203 g/mol. The summed E-state index contributed by atoms with van der Waals surface area (Å²) in [6.07, 6.45) is 0.567. The molecule has 0 fully saturated rings. The molecule has 0 bridgehead atoms. The number of carbonyl (C=O) groups is 2. The summed E-state index contributed by atoms with van der Waals surface area (Å²) in [7, 11) is 0. The summed E-state index contributed by atoms with van der Waals surface area (Å²) in [6.45, 7) is 3.68. The molecule has 0 unspecified atom stereocenters. The van der Waals surface area contributed by atoms with Crippen LogP contribution in [-0.2, 0) is 9.59 Å². The number of hydrogen-bond acceptors (Lipinski definition) is 4. The Hall–Kier alpha value is -0.550. The third-order valence-corrected chi connectivity index (χ3v) is 1.96. The molecule has 0 heterocycles. The summed E-state index contributed by atoms with van der Waals surface area (Å²) < 4.78 is 0. The molecule has 0 spiro atoms. The maximum absolute atomic E-state index is 11.3. The second-order valence-corrected chi connectivity index (χ2v) is 3.38. The second-order valence-electron chi connectivity index (χ2n) is 3.06. The van der Waals surface area contributed by atoms with Gasteiger partial charge in [-0.15, -0.1) is 0 Å². The highest BCUT2D eigenvalue weighted by Crippen LogP contribution is 2.00. The van der Waals surface area contributed by atoms with Gasteiger partial charge in [0.1, 0.15) is 12.3 Å². The minimum Gasteiger partial charge on any atom is -0.339 e. The monoisotopic (exact) mass is 203 g/mol. The molecule has 0 aromatic carbocycles. The molecule has 0 aromatic heterocycles. The Morgan fingerprint density at radius 3 is 2.46 bits per heavy atom. The zero-order valence-electron chi connectivity index (χ0n) is 7.78. The maximum atomic E-state index is 11.3. The van der Waals surface area contributed by atoms with Crippen molar-refractivity contribution < 1.29 is 9.59 Å². The molecule has 1 radical (unpaired) electrons. The highest BCUT2D eigenvalue weighted by Gasteiger charge is 2.19. The van der Waals surface area contributed by atoms with Crippen molar-refractivity contribution in [2.45, 2.75) is 19.9 Å². The first kappa shape index (κ1) is 12.4. The SMILES string of the molecule is CC(C)[C@@H](N)C(=O)N[C](C=O)CS. The third kappa shape index (κ3) is 4.28. The number of thiol groups is 1. The number of carbonyl (C=O) groups excluding carboxylic acids is 2. The molecule has 1 atom stereocenters. The van der Waals surface area contributed by atoms with Crippen molar-refractivity contribution in [1.29, 1.82) is 0 Å². The van der Waals surface area contributed by atoms with Crippen LogP contribution >= 0.6 is 12.6 Å². The highest BCUT2D eigenvalue weighted by atomic mass is 32.1. The summed E-state index contributed by atoms with van der Waals surface area (Å²) in [5.74, 6) is -0.0842. The van der Waals surface area contributed by atoms with Gasteiger partial charge in [-0.05, 0) is 5.92 Å². The lowest BCUT2D eigenvalue weighted by atomic mass is 10.0. The van der Waals surface area contributed by atoms with Gasteiger partial charge in [0.2, 0.25) is 5.91 Å². The van der Waals surface area contributed by atoms with E-state index in [1.54, 1.807) is 0 Å². The fraction of sp³-hybridized carbons (Fsp3) is 0.625. The fourth-order valence-electron chi connectivity index (χ4n) is 0.651. The van der Waals surface area contributed by atoms with Gasteiger partial charge in [-0.3, -0.25) is 4.79 Å². The molecule has 4 nitrogen and oxygen atoms in total. The summed E-state index contributed by atoms with van der Waals surface area (Å²) in [5, 5.41) is 2.41. The van der Waals surface area contributed by atoms with Gasteiger partial charge in [0.05, 0.1) is 6.04 Å². The molecular formula is C8H15N2O2S. The standard InChI is InChI=1S/C8H15N2O2S/c1-5(2)7(9)8(12)10-6(3-11)4-13/h3,5,7,13H,4,9H2,1-2H3,(H,10,12)/t7-/m1/s1. The Labute approximate surface area is 83.7 Å². The van der Waals surface area contributed by atoms with Crippen LogP contribution in [0.15, 0.2) is 0 Å². The van der Waals surface area contributed by atoms with E-state index < -0.39 is 6.04 Å². The smallest absolute Gasteiger partial charge is 0.238 e. The summed E-state index contributed by atoms with van der Waals surface area (Å²) >= 11 is 3.87. The first-order chi connectivity index (χ1) is 6.02. The fourth-order valence-corrected chi connectivity index (χ4v) is 0.804. The minimum atomic E-state index is -0.588. The van der Waals surface area contributed by atoms with Crippen LogP contribution in [0.4, 0.5) is 0 Å². The first-order valence-electron chi connectivity index (χ1n) is 4.01. The molecule has 75 valence electrons. The molecule has 1 amide bonds. The Kier molecular flexibility index (Phi) is 5.73. The zero-order valence-corrected chi connectivity index (χ0v) is 8.67. The quantitative estimate of drug-likeness (QED) is 0.426. The molecule has 5 heteroatoms. The zero-order chi connectivity index (χ0) is 10.4. The van der Waals surface area contributed by atoms with E-state index in [0.717, 1.165) is 0 Å². The van der Waals surface area contributed by atoms with Gasteiger partial charge in [0, 0.05) is 5.75 Å². The topological polar surface area (TPSA) is 72.2 Å². The Balaban J connectivity index is 4.05. The molecule has 0 aliphatic rings. The van der Waals surface area contributed by atoms with Crippen LogP contribution in [0.3, 0.4) is 0 Å². The predicted molar refractivity (Wildman–Crippen MR) is 54.1 cm³/mol. The Morgan fingerprint density at radius 1 is 1.62 bits per heavy atom. The van der Waals surface area contributed by atoms with E-state index in [4.69, 9.17) is 5.73 Å². The number of hydrogen-bond donors (Lipinski definition) is 3. The molecule has 3 N–H and O–H groups in total. The second kappa shape index (κ2) is 5.99. The van der Waals surface area contributed by atoms with E-state index in [9.17, 15) is 9.59 Å². The van der Waals surface area contributed by atoms with Crippen LogP contribution in [0.2, 0.25) is 0 Å². The van der Waals surface area contributed by atoms with Crippen LogP contribution in [0.1, 0.15) is 13.8 Å². The lowest BCUT2D eigenvalue weighted by molar-refractivity contribution is -0.124. The molecule has 0 saturated heterocycles. The number of nitrogens with two attached hydrogens (primary N) is 1. The summed E-state index contributed by atoms with van der Waals surface area (Å²) in [6, 6.07) is -0.348. The Bertz CT molecular complexity index is 185. The lowest BCUT2D eigenvalue weighted by Crippen LogP contribution is -2.46. The highest BCUT2D eigenvalue weighted by molar-refractivity contribution is 7.80. The predicted octanol–water partition coefficient (Wildman–Crippen LogP) is -0.253. The molecule has 0 aliphatic carbocycles. The van der Waals surface area contributed by atoms with Crippen LogP contribution in [-0.4, -0.2) is 24.0 Å². The van der Waals surface area contributed by atoms with E-state index in [1.165, 1.54) is 0 Å².